The Kier molecular flexibility index (Phi) is 9.74. The van der Waals surface area contributed by atoms with Crippen LogP contribution in [-0.2, 0) is 30.5 Å². The second kappa shape index (κ2) is 12.4. The molecule has 1 saturated carbocycles. The van der Waals surface area contributed by atoms with Crippen molar-refractivity contribution in [3.63, 3.8) is 0 Å². The van der Waals surface area contributed by atoms with Crippen molar-refractivity contribution in [3.8, 4) is 0 Å². The molecule has 1 aromatic rings. The van der Waals surface area contributed by atoms with Gasteiger partial charge in [0.25, 0.3) is 5.91 Å². The average Bonchev–Trinajstić information content (AvgIpc) is 3.21. The number of Topliss-reactive ketones (excluding diaryl/α,β-unsaturated/α-hetero) is 1. The molecule has 0 aromatic carbocycles. The standard InChI is InChI=1S/C31H47N5O6/c1-10-11-20(23(37)26(39)33-16-18-12-14-32-15-13-18)34-25(38)22-21-19(31(21,8)9)17-36(22)27(40)24(29(2,3)4)35-28(41)42-30(5,6)7/h12-15,19-22,24H,10-11,16-17H2,1-9H3,(H,33,39)(H,34,38)(H,35,41)/t19?,20-,21?,22+,24-/m1/s1. The summed E-state index contributed by atoms with van der Waals surface area (Å²) in [4.78, 5) is 71.9. The number of ketones is 1. The van der Waals surface area contributed by atoms with Crippen LogP contribution in [0.3, 0.4) is 0 Å². The maximum absolute atomic E-state index is 14.0. The SMILES string of the molecule is CCC[C@@H](NC(=O)[C@@H]1C2C(CN1C(=O)[C@@H](NC(=O)OC(C)(C)C)C(C)(C)C)C2(C)C)C(=O)C(=O)NCc1ccncc1. The van der Waals surface area contributed by atoms with Crippen molar-refractivity contribution < 1.29 is 28.7 Å². The summed E-state index contributed by atoms with van der Waals surface area (Å²) in [7, 11) is 0. The molecular weight excluding hydrogens is 538 g/mol. The molecule has 2 heterocycles. The van der Waals surface area contributed by atoms with E-state index < -0.39 is 52.8 Å². The predicted molar refractivity (Wildman–Crippen MR) is 157 cm³/mol. The summed E-state index contributed by atoms with van der Waals surface area (Å²) in [6.07, 6.45) is 3.31. The molecule has 0 radical (unpaired) electrons. The number of alkyl carbamates (subject to hydrolysis) is 1. The van der Waals surface area contributed by atoms with Crippen LogP contribution in [0.25, 0.3) is 0 Å². The number of ether oxygens (including phenoxy) is 1. The molecule has 42 heavy (non-hydrogen) atoms. The summed E-state index contributed by atoms with van der Waals surface area (Å²) in [5.41, 5.74) is -0.799. The zero-order valence-electron chi connectivity index (χ0n) is 26.4. The van der Waals surface area contributed by atoms with Gasteiger partial charge in [0.15, 0.2) is 0 Å². The van der Waals surface area contributed by atoms with Crippen molar-refractivity contribution in [2.24, 2.45) is 22.7 Å². The van der Waals surface area contributed by atoms with Crippen LogP contribution in [0.5, 0.6) is 0 Å². The second-order valence-corrected chi connectivity index (χ2v) is 14.1. The number of fused-ring (bicyclic) bond motifs is 1. The molecule has 0 bridgehead atoms. The lowest BCUT2D eigenvalue weighted by atomic mass is 9.85. The van der Waals surface area contributed by atoms with Crippen molar-refractivity contribution >= 4 is 29.6 Å². The summed E-state index contributed by atoms with van der Waals surface area (Å²) in [6.45, 7) is 17.2. The van der Waals surface area contributed by atoms with Gasteiger partial charge in [0, 0.05) is 25.5 Å². The van der Waals surface area contributed by atoms with Gasteiger partial charge in [0.1, 0.15) is 17.7 Å². The topological polar surface area (TPSA) is 147 Å². The van der Waals surface area contributed by atoms with E-state index in [9.17, 15) is 24.0 Å². The van der Waals surface area contributed by atoms with E-state index in [-0.39, 0.29) is 36.1 Å². The number of nitrogens with zero attached hydrogens (tertiary/aromatic N) is 2. The first kappa shape index (κ1) is 33.0. The Labute approximate surface area is 248 Å². The lowest BCUT2D eigenvalue weighted by Gasteiger charge is -2.38. The molecule has 3 N–H and O–H groups in total. The highest BCUT2D eigenvalue weighted by Gasteiger charge is 2.70. The highest BCUT2D eigenvalue weighted by atomic mass is 16.6. The molecule has 5 atom stereocenters. The van der Waals surface area contributed by atoms with E-state index in [1.807, 2.05) is 27.7 Å². The minimum Gasteiger partial charge on any atom is -0.444 e. The van der Waals surface area contributed by atoms with Crippen molar-refractivity contribution in [1.82, 2.24) is 25.8 Å². The predicted octanol–water partition coefficient (Wildman–Crippen LogP) is 2.97. The fourth-order valence-electron chi connectivity index (χ4n) is 5.80. The number of rotatable bonds is 10. The number of aromatic nitrogens is 1. The molecule has 2 unspecified atom stereocenters. The van der Waals surface area contributed by atoms with E-state index in [2.05, 4.69) is 34.8 Å². The van der Waals surface area contributed by atoms with Gasteiger partial charge in [0.05, 0.1) is 6.04 Å². The van der Waals surface area contributed by atoms with E-state index >= 15 is 0 Å². The molecule has 11 nitrogen and oxygen atoms in total. The lowest BCUT2D eigenvalue weighted by molar-refractivity contribution is -0.145. The first-order chi connectivity index (χ1) is 19.4. The van der Waals surface area contributed by atoms with Crippen LogP contribution in [0.4, 0.5) is 4.79 Å². The highest BCUT2D eigenvalue weighted by molar-refractivity contribution is 6.38. The first-order valence-electron chi connectivity index (χ1n) is 14.7. The Hall–Kier alpha value is -3.50. The van der Waals surface area contributed by atoms with Crippen molar-refractivity contribution in [2.75, 3.05) is 6.54 Å². The molecule has 1 aliphatic carbocycles. The van der Waals surface area contributed by atoms with Crippen molar-refractivity contribution in [1.29, 1.82) is 0 Å². The van der Waals surface area contributed by atoms with Crippen LogP contribution >= 0.6 is 0 Å². The third-order valence-corrected chi connectivity index (χ3v) is 8.17. The number of hydrogen-bond acceptors (Lipinski definition) is 7. The van der Waals surface area contributed by atoms with Gasteiger partial charge >= 0.3 is 6.09 Å². The fraction of sp³-hybridized carbons (Fsp3) is 0.677. The Morgan fingerprint density at radius 1 is 1.05 bits per heavy atom. The molecule has 2 fully saturated rings. The molecule has 4 amide bonds. The summed E-state index contributed by atoms with van der Waals surface area (Å²) < 4.78 is 5.41. The number of carbonyl (C=O) groups excluding carboxylic acids is 5. The van der Waals surface area contributed by atoms with Gasteiger partial charge in [-0.15, -0.1) is 0 Å². The normalized spacial score (nSPS) is 22.3. The molecule has 1 saturated heterocycles. The molecule has 11 heteroatoms. The number of pyridine rings is 1. The molecule has 1 aromatic heterocycles. The third kappa shape index (κ3) is 7.66. The maximum Gasteiger partial charge on any atom is 0.408 e. The minimum atomic E-state index is -1.03. The summed E-state index contributed by atoms with van der Waals surface area (Å²) in [6, 6.07) is 0.650. The Morgan fingerprint density at radius 2 is 1.67 bits per heavy atom. The van der Waals surface area contributed by atoms with E-state index in [0.29, 0.717) is 13.0 Å². The van der Waals surface area contributed by atoms with Crippen LogP contribution < -0.4 is 16.0 Å². The Bertz CT molecular complexity index is 1190. The van der Waals surface area contributed by atoms with E-state index in [4.69, 9.17) is 4.74 Å². The highest BCUT2D eigenvalue weighted by Crippen LogP contribution is 2.65. The Morgan fingerprint density at radius 3 is 2.21 bits per heavy atom. The van der Waals surface area contributed by atoms with E-state index in [1.54, 1.807) is 45.3 Å². The van der Waals surface area contributed by atoms with E-state index in [0.717, 1.165) is 5.56 Å². The summed E-state index contributed by atoms with van der Waals surface area (Å²) in [5, 5.41) is 8.15. The number of likely N-dealkylation sites (tertiary alicyclic amines) is 1. The van der Waals surface area contributed by atoms with Gasteiger partial charge in [-0.1, -0.05) is 48.0 Å². The molecular formula is C31H47N5O6. The molecule has 0 spiro atoms. The maximum atomic E-state index is 14.0. The quantitative estimate of drug-likeness (QED) is 0.358. The number of carbonyl (C=O) groups is 5. The zero-order valence-corrected chi connectivity index (χ0v) is 26.4. The van der Waals surface area contributed by atoms with Crippen LogP contribution in [-0.4, -0.2) is 69.8 Å². The van der Waals surface area contributed by atoms with Crippen molar-refractivity contribution in [3.05, 3.63) is 30.1 Å². The number of hydrogen-bond donors (Lipinski definition) is 3. The van der Waals surface area contributed by atoms with E-state index in [1.165, 1.54) is 4.90 Å². The average molecular weight is 586 g/mol. The number of amides is 4. The van der Waals surface area contributed by atoms with Crippen LogP contribution in [0.15, 0.2) is 24.5 Å². The van der Waals surface area contributed by atoms with Gasteiger partial charge in [-0.25, -0.2) is 4.79 Å². The summed E-state index contributed by atoms with van der Waals surface area (Å²) >= 11 is 0. The first-order valence-corrected chi connectivity index (χ1v) is 14.7. The fourth-order valence-corrected chi connectivity index (χ4v) is 5.80. The molecule has 232 valence electrons. The van der Waals surface area contributed by atoms with Crippen LogP contribution in [0.1, 0.15) is 80.7 Å². The number of nitrogens with one attached hydrogen (secondary N) is 3. The smallest absolute Gasteiger partial charge is 0.408 e. The lowest BCUT2D eigenvalue weighted by Crippen LogP contribution is -2.60. The van der Waals surface area contributed by atoms with Gasteiger partial charge in [0.2, 0.25) is 17.6 Å². The van der Waals surface area contributed by atoms with Crippen LogP contribution in [0.2, 0.25) is 0 Å². The molecule has 1 aliphatic heterocycles. The minimum absolute atomic E-state index is 0.100. The van der Waals surface area contributed by atoms with Gasteiger partial charge in [-0.3, -0.25) is 24.2 Å². The third-order valence-electron chi connectivity index (χ3n) is 8.17. The van der Waals surface area contributed by atoms with Gasteiger partial charge in [-0.05, 0) is 67.6 Å². The van der Waals surface area contributed by atoms with Crippen LogP contribution in [0, 0.1) is 22.7 Å². The Balaban J connectivity index is 1.78. The van der Waals surface area contributed by atoms with Crippen molar-refractivity contribution in [2.45, 2.75) is 105 Å². The second-order valence-electron chi connectivity index (χ2n) is 14.1. The monoisotopic (exact) mass is 585 g/mol. The van der Waals surface area contributed by atoms with Gasteiger partial charge < -0.3 is 25.6 Å². The largest absolute Gasteiger partial charge is 0.444 e. The molecule has 2 aliphatic rings. The zero-order chi connectivity index (χ0) is 31.6. The van der Waals surface area contributed by atoms with Gasteiger partial charge in [-0.2, -0.15) is 0 Å². The molecule has 3 rings (SSSR count). The summed E-state index contributed by atoms with van der Waals surface area (Å²) in [5.74, 6) is -2.39. The number of piperidine rings is 1.